The van der Waals surface area contributed by atoms with Crippen LogP contribution in [0.5, 0.6) is 11.5 Å². The smallest absolute Gasteiger partial charge is 0.412 e. The van der Waals surface area contributed by atoms with Crippen LogP contribution in [0.4, 0.5) is 14.9 Å². The molecule has 0 radical (unpaired) electrons. The molecule has 4 aromatic rings. The molecule has 1 heterocycles. The van der Waals surface area contributed by atoms with E-state index in [1.54, 1.807) is 78.6 Å². The highest BCUT2D eigenvalue weighted by Gasteiger charge is 2.65. The first-order valence-electron chi connectivity index (χ1n) is 23.0. The van der Waals surface area contributed by atoms with Crippen LogP contribution in [0.1, 0.15) is 90.4 Å². The number of non-ortho nitro benzene ring substituents is 1. The summed E-state index contributed by atoms with van der Waals surface area (Å²) in [4.78, 5) is 46.9. The number of benzene rings is 4. The van der Waals surface area contributed by atoms with Crippen molar-refractivity contribution in [2.45, 2.75) is 82.8 Å². The molecule has 0 aromatic heterocycles. The van der Waals surface area contributed by atoms with Gasteiger partial charge in [-0.2, -0.15) is 5.26 Å². The maximum atomic E-state index is 15.3. The normalized spacial score (nSPS) is 21.8. The Morgan fingerprint density at radius 1 is 1.01 bits per heavy atom. The molecule has 3 aliphatic rings. The lowest BCUT2D eigenvalue weighted by Crippen LogP contribution is -2.70. The summed E-state index contributed by atoms with van der Waals surface area (Å²) < 4.78 is 34.6. The van der Waals surface area contributed by atoms with Crippen molar-refractivity contribution in [3.63, 3.8) is 0 Å². The van der Waals surface area contributed by atoms with E-state index in [2.05, 4.69) is 24.0 Å². The summed E-state index contributed by atoms with van der Waals surface area (Å²) in [5.41, 5.74) is 3.76. The van der Waals surface area contributed by atoms with Gasteiger partial charge in [-0.3, -0.25) is 14.9 Å². The minimum atomic E-state index is -1.66. The summed E-state index contributed by atoms with van der Waals surface area (Å²) in [6, 6.07) is 24.4. The Kier molecular flexibility index (Phi) is 16.4. The number of carbonyl (C=O) groups excluding carboxylic acids is 2. The number of unbranched alkanes of at least 4 members (excludes halogenated alkanes) is 2. The van der Waals surface area contributed by atoms with Gasteiger partial charge < -0.3 is 39.5 Å². The number of allylic oxidation sites excluding steroid dienone is 1. The molecule has 3 N–H and O–H groups in total. The Bertz CT molecular complexity index is 2530. The highest BCUT2D eigenvalue weighted by molar-refractivity contribution is 6.03. The monoisotopic (exact) mass is 929 g/mol. The summed E-state index contributed by atoms with van der Waals surface area (Å²) in [5, 5.41) is 48.5. The SMILES string of the molecule is C=CCOC12Oc3ccc(OC(=O)NCC)cc3C3C(CCCCO)C(CCCCO)C=C(C(=NOCc4ccc([N+](=O)[O-])cc4)CC1N(Cc1ccc(F)cc1)C(=O)c1ccc(C#N)cc1)C32. The molecule has 0 saturated heterocycles. The first-order chi connectivity index (χ1) is 33.0. The molecular formula is C52H56FN5O10. The van der Waals surface area contributed by atoms with E-state index < -0.39 is 46.4 Å². The highest BCUT2D eigenvalue weighted by Crippen LogP contribution is 2.62. The van der Waals surface area contributed by atoms with Crippen LogP contribution in [0.3, 0.4) is 0 Å². The standard InChI is InChI=1S/C52H56FN5O10/c1-3-27-65-52-47(57(32-35-13-19-39(53)20-14-35)50(61)37-17-11-34(31-54)12-18-37)30-45(56-66-33-36-15-21-40(22-16-36)58(63)64)43-28-38(9-5-7-25-59)42(10-6-8-26-60)48(49(43)52)44-29-41(23-24-46(44)68-52)67-51(62)55-4-2/h3,11-24,28-29,38,42,47-49,59-60H,1,4-10,25-27,30,32-33H2,2H3,(H,55,62). The summed E-state index contributed by atoms with van der Waals surface area (Å²) in [5.74, 6) is -3.22. The molecule has 68 heavy (non-hydrogen) atoms. The van der Waals surface area contributed by atoms with Gasteiger partial charge in [-0.1, -0.05) is 42.3 Å². The van der Waals surface area contributed by atoms with Crippen molar-refractivity contribution in [2.75, 3.05) is 26.4 Å². The summed E-state index contributed by atoms with van der Waals surface area (Å²) >= 11 is 0. The van der Waals surface area contributed by atoms with Gasteiger partial charge in [0, 0.05) is 61.9 Å². The van der Waals surface area contributed by atoms with Gasteiger partial charge in [0.1, 0.15) is 30.0 Å². The number of nitro groups is 1. The van der Waals surface area contributed by atoms with Gasteiger partial charge in [0.2, 0.25) is 5.79 Å². The molecule has 0 bridgehead atoms. The van der Waals surface area contributed by atoms with Crippen molar-refractivity contribution in [3.8, 4) is 17.6 Å². The average molecular weight is 930 g/mol. The Labute approximate surface area is 394 Å². The van der Waals surface area contributed by atoms with E-state index in [-0.39, 0.29) is 68.2 Å². The molecule has 1 fully saturated rings. The van der Waals surface area contributed by atoms with Crippen LogP contribution < -0.4 is 14.8 Å². The van der Waals surface area contributed by atoms with E-state index in [9.17, 15) is 34.8 Å². The Hall–Kier alpha value is -6.93. The Balaban J connectivity index is 1.47. The molecule has 4 aromatic carbocycles. The van der Waals surface area contributed by atoms with Gasteiger partial charge in [-0.25, -0.2) is 9.18 Å². The summed E-state index contributed by atoms with van der Waals surface area (Å²) in [7, 11) is 0. The van der Waals surface area contributed by atoms with E-state index in [1.165, 1.54) is 24.3 Å². The lowest BCUT2D eigenvalue weighted by molar-refractivity contribution is -0.384. The fraction of sp³-hybridized carbons (Fsp3) is 0.385. The van der Waals surface area contributed by atoms with Gasteiger partial charge >= 0.3 is 6.09 Å². The molecule has 16 heteroatoms. The van der Waals surface area contributed by atoms with Gasteiger partial charge in [0.15, 0.2) is 0 Å². The van der Waals surface area contributed by atoms with Crippen LogP contribution in [-0.4, -0.2) is 75.9 Å². The van der Waals surface area contributed by atoms with E-state index in [1.807, 2.05) is 6.07 Å². The number of amides is 2. The second kappa shape index (κ2) is 22.7. The minimum Gasteiger partial charge on any atom is -0.459 e. The summed E-state index contributed by atoms with van der Waals surface area (Å²) in [6.45, 7) is 6.06. The second-order valence-electron chi connectivity index (χ2n) is 17.1. The first-order valence-corrected chi connectivity index (χ1v) is 23.0. The van der Waals surface area contributed by atoms with Gasteiger partial charge in [-0.05, 0) is 128 Å². The maximum Gasteiger partial charge on any atom is 0.412 e. The van der Waals surface area contributed by atoms with Crippen molar-refractivity contribution in [1.82, 2.24) is 10.2 Å². The molecule has 0 spiro atoms. The van der Waals surface area contributed by atoms with Crippen molar-refractivity contribution in [3.05, 3.63) is 159 Å². The minimum absolute atomic E-state index is 0.00548. The number of hydrogen-bond acceptors (Lipinski definition) is 12. The fourth-order valence-corrected chi connectivity index (χ4v) is 9.86. The number of aliphatic hydroxyl groups is 2. The molecule has 7 rings (SSSR count). The number of carbonyl (C=O) groups is 2. The molecule has 1 aliphatic heterocycles. The Morgan fingerprint density at radius 3 is 2.38 bits per heavy atom. The largest absolute Gasteiger partial charge is 0.459 e. The molecule has 2 amide bonds. The molecule has 2 aliphatic carbocycles. The molecule has 356 valence electrons. The fourth-order valence-electron chi connectivity index (χ4n) is 9.86. The number of ether oxygens (including phenoxy) is 3. The van der Waals surface area contributed by atoms with Crippen molar-refractivity contribution >= 4 is 23.4 Å². The van der Waals surface area contributed by atoms with Crippen LogP contribution in [0.15, 0.2) is 120 Å². The molecular weight excluding hydrogens is 874 g/mol. The predicted molar refractivity (Wildman–Crippen MR) is 250 cm³/mol. The van der Waals surface area contributed by atoms with Crippen LogP contribution in [0.2, 0.25) is 0 Å². The summed E-state index contributed by atoms with van der Waals surface area (Å²) in [6.07, 6.45) is 7.04. The number of oxime groups is 1. The molecule has 1 saturated carbocycles. The van der Waals surface area contributed by atoms with Crippen LogP contribution >= 0.6 is 0 Å². The zero-order valence-corrected chi connectivity index (χ0v) is 37.9. The lowest BCUT2D eigenvalue weighted by atomic mass is 9.55. The number of halogens is 1. The van der Waals surface area contributed by atoms with Crippen molar-refractivity contribution < 1.29 is 48.2 Å². The number of rotatable bonds is 21. The number of nitro benzene ring substituents is 1. The number of aliphatic hydroxyl groups excluding tert-OH is 2. The second-order valence-corrected chi connectivity index (χ2v) is 17.1. The predicted octanol–water partition coefficient (Wildman–Crippen LogP) is 8.89. The number of nitrogens with one attached hydrogen (secondary N) is 1. The topological polar surface area (TPSA) is 206 Å². The van der Waals surface area contributed by atoms with Crippen LogP contribution in [0.25, 0.3) is 0 Å². The third-order valence-electron chi connectivity index (χ3n) is 12.9. The average Bonchev–Trinajstić information content (AvgIpc) is 3.34. The van der Waals surface area contributed by atoms with E-state index in [0.29, 0.717) is 73.2 Å². The number of nitrogens with zero attached hydrogens (tertiary/aromatic N) is 4. The lowest BCUT2D eigenvalue weighted by Gasteiger charge is -2.60. The number of nitriles is 1. The van der Waals surface area contributed by atoms with Gasteiger partial charge in [0.05, 0.1) is 34.8 Å². The van der Waals surface area contributed by atoms with E-state index in [4.69, 9.17) is 24.2 Å². The molecule has 6 unspecified atom stereocenters. The van der Waals surface area contributed by atoms with E-state index in [0.717, 1.165) is 11.1 Å². The molecule has 6 atom stereocenters. The zero-order valence-electron chi connectivity index (χ0n) is 37.9. The molecule has 15 nitrogen and oxygen atoms in total. The van der Waals surface area contributed by atoms with Crippen molar-refractivity contribution in [2.24, 2.45) is 22.9 Å². The maximum absolute atomic E-state index is 15.3. The zero-order chi connectivity index (χ0) is 48.2. The van der Waals surface area contributed by atoms with Crippen molar-refractivity contribution in [1.29, 1.82) is 5.26 Å². The van der Waals surface area contributed by atoms with Gasteiger partial charge in [0.25, 0.3) is 11.6 Å². The Morgan fingerprint density at radius 2 is 1.72 bits per heavy atom. The van der Waals surface area contributed by atoms with Gasteiger partial charge in [-0.15, -0.1) is 6.58 Å². The van der Waals surface area contributed by atoms with Crippen LogP contribution in [-0.2, 0) is 22.7 Å². The van der Waals surface area contributed by atoms with E-state index >= 15 is 4.79 Å². The number of fused-ring (bicyclic) bond motifs is 2. The van der Waals surface area contributed by atoms with Crippen LogP contribution in [0, 0.1) is 45.0 Å². The third kappa shape index (κ3) is 10.9. The number of hydrogen-bond donors (Lipinski definition) is 3. The highest BCUT2D eigenvalue weighted by atomic mass is 19.1. The quantitative estimate of drug-likeness (QED) is 0.0311. The first kappa shape index (κ1) is 49.0. The third-order valence-corrected chi connectivity index (χ3v) is 12.9.